The number of morpholine rings is 1. The Bertz CT molecular complexity index is 1100. The Morgan fingerprint density at radius 2 is 2.06 bits per heavy atom. The molecule has 7 nitrogen and oxygen atoms in total. The Balaban J connectivity index is 1.23. The zero-order valence-corrected chi connectivity index (χ0v) is 19.9. The lowest BCUT2D eigenvalue weighted by atomic mass is 10.1. The maximum atomic E-state index is 11.3. The van der Waals surface area contributed by atoms with Gasteiger partial charge in [0.25, 0.3) is 0 Å². The molecule has 0 spiro atoms. The highest BCUT2D eigenvalue weighted by molar-refractivity contribution is 7.09. The van der Waals surface area contributed by atoms with Crippen molar-refractivity contribution in [1.29, 1.82) is 0 Å². The summed E-state index contributed by atoms with van der Waals surface area (Å²) in [6, 6.07) is 15.3. The van der Waals surface area contributed by atoms with Crippen molar-refractivity contribution in [2.45, 2.75) is 25.5 Å². The average Bonchev–Trinajstić information content (AvgIpc) is 3.13. The van der Waals surface area contributed by atoms with Gasteiger partial charge in [-0.25, -0.2) is 0 Å². The minimum Gasteiger partial charge on any atom is -0.494 e. The van der Waals surface area contributed by atoms with Crippen molar-refractivity contribution in [2.24, 2.45) is 0 Å². The molecule has 2 unspecified atom stereocenters. The number of halogens is 1. The third-order valence-electron chi connectivity index (χ3n) is 5.51. The molecule has 2 atom stereocenters. The molecule has 0 amide bonds. The number of H-pyrrole nitrogens is 1. The van der Waals surface area contributed by atoms with Crippen molar-refractivity contribution in [2.75, 3.05) is 32.9 Å². The smallest absolute Gasteiger partial charge is 0.307 e. The molecule has 0 saturated carbocycles. The summed E-state index contributed by atoms with van der Waals surface area (Å²) in [5, 5.41) is 10.4. The van der Waals surface area contributed by atoms with E-state index >= 15 is 0 Å². The summed E-state index contributed by atoms with van der Waals surface area (Å²) in [7, 11) is 0. The molecular weight excluding hydrogens is 464 g/mol. The van der Waals surface area contributed by atoms with E-state index in [9.17, 15) is 9.90 Å². The number of aromatic amines is 1. The molecule has 9 heteroatoms. The highest BCUT2D eigenvalue weighted by atomic mass is 35.5. The maximum absolute atomic E-state index is 11.3. The third-order valence-corrected chi connectivity index (χ3v) is 6.61. The van der Waals surface area contributed by atoms with Crippen LogP contribution in [0.5, 0.6) is 17.4 Å². The highest BCUT2D eigenvalue weighted by Gasteiger charge is 2.25. The van der Waals surface area contributed by atoms with Crippen molar-refractivity contribution >= 4 is 22.9 Å². The van der Waals surface area contributed by atoms with E-state index in [1.54, 1.807) is 6.07 Å². The van der Waals surface area contributed by atoms with Gasteiger partial charge in [-0.1, -0.05) is 41.1 Å². The first-order chi connectivity index (χ1) is 16.0. The van der Waals surface area contributed by atoms with E-state index in [-0.39, 0.29) is 22.9 Å². The number of nitrogens with zero attached hydrogens (tertiary/aromatic N) is 1. The van der Waals surface area contributed by atoms with Gasteiger partial charge in [-0.15, -0.1) is 0 Å². The normalized spacial score (nSPS) is 17.6. The standard InChI is InChI=1S/C24H27ClN2O5S/c1-16(27-9-10-30-21(13-27)15-32-20-4-2-3-18(25)12-20)14-31-19-7-5-17(6-8-19)11-22-23(28)26-24(29)33-22/h2-8,12,16,21,28H,9-11,13-15H2,1H3,(H,26,29). The van der Waals surface area contributed by atoms with Gasteiger partial charge in [0.15, 0.2) is 0 Å². The van der Waals surface area contributed by atoms with Crippen molar-refractivity contribution in [3.8, 4) is 17.4 Å². The van der Waals surface area contributed by atoms with Crippen LogP contribution in [0, 0.1) is 0 Å². The number of nitrogens with one attached hydrogen (secondary N) is 1. The van der Waals surface area contributed by atoms with Crippen LogP contribution in [0.4, 0.5) is 0 Å². The Labute approximate surface area is 201 Å². The molecule has 4 rings (SSSR count). The molecule has 33 heavy (non-hydrogen) atoms. The Kier molecular flexibility index (Phi) is 7.93. The molecule has 3 aromatic rings. The van der Waals surface area contributed by atoms with Crippen LogP contribution in [0.3, 0.4) is 0 Å². The van der Waals surface area contributed by atoms with E-state index in [4.69, 9.17) is 25.8 Å². The molecule has 0 radical (unpaired) electrons. The molecule has 1 aromatic heterocycles. The minimum atomic E-state index is -0.252. The van der Waals surface area contributed by atoms with E-state index < -0.39 is 0 Å². The van der Waals surface area contributed by atoms with E-state index in [0.717, 1.165) is 41.5 Å². The number of rotatable bonds is 9. The van der Waals surface area contributed by atoms with Crippen LogP contribution in [0.25, 0.3) is 0 Å². The van der Waals surface area contributed by atoms with Crippen LogP contribution < -0.4 is 14.3 Å². The van der Waals surface area contributed by atoms with E-state index in [1.165, 1.54) is 0 Å². The molecule has 1 aliphatic rings. The van der Waals surface area contributed by atoms with Crippen molar-refractivity contribution in [3.63, 3.8) is 0 Å². The van der Waals surface area contributed by atoms with E-state index in [2.05, 4.69) is 16.8 Å². The zero-order valence-electron chi connectivity index (χ0n) is 18.3. The molecule has 1 saturated heterocycles. The Morgan fingerprint density at radius 1 is 1.24 bits per heavy atom. The number of benzene rings is 2. The lowest BCUT2D eigenvalue weighted by Gasteiger charge is -2.36. The second kappa shape index (κ2) is 11.1. The molecule has 0 aliphatic carbocycles. The summed E-state index contributed by atoms with van der Waals surface area (Å²) in [6.07, 6.45) is 0.484. The SMILES string of the molecule is CC(COc1ccc(Cc2sc(=O)[nH]c2O)cc1)N1CCOC(COc2cccc(Cl)c2)C1. The summed E-state index contributed by atoms with van der Waals surface area (Å²) < 4.78 is 17.7. The van der Waals surface area contributed by atoms with Crippen molar-refractivity contribution in [1.82, 2.24) is 9.88 Å². The topological polar surface area (TPSA) is 84.0 Å². The fourth-order valence-electron chi connectivity index (χ4n) is 3.67. The van der Waals surface area contributed by atoms with Crippen LogP contribution in [0.15, 0.2) is 53.3 Å². The minimum absolute atomic E-state index is 0.0139. The summed E-state index contributed by atoms with van der Waals surface area (Å²) in [5.41, 5.74) is 0.997. The van der Waals surface area contributed by atoms with Gasteiger partial charge in [0.05, 0.1) is 11.5 Å². The van der Waals surface area contributed by atoms with Crippen molar-refractivity contribution in [3.05, 3.63) is 73.7 Å². The zero-order chi connectivity index (χ0) is 23.2. The third kappa shape index (κ3) is 6.74. The Morgan fingerprint density at radius 3 is 2.79 bits per heavy atom. The fourth-order valence-corrected chi connectivity index (χ4v) is 4.61. The van der Waals surface area contributed by atoms with Gasteiger partial charge in [-0.3, -0.25) is 14.7 Å². The molecule has 1 fully saturated rings. The predicted octanol–water partition coefficient (Wildman–Crippen LogP) is 3.93. The quantitative estimate of drug-likeness (QED) is 0.473. The number of aromatic hydroxyl groups is 1. The van der Waals surface area contributed by atoms with Crippen molar-refractivity contribution < 1.29 is 19.3 Å². The lowest BCUT2D eigenvalue weighted by molar-refractivity contribution is -0.0626. The maximum Gasteiger partial charge on any atom is 0.307 e. The predicted molar refractivity (Wildman–Crippen MR) is 129 cm³/mol. The van der Waals surface area contributed by atoms with Crippen LogP contribution in [-0.4, -0.2) is 60.0 Å². The number of thiazole rings is 1. The first kappa shape index (κ1) is 23.6. The molecule has 2 aromatic carbocycles. The average molecular weight is 491 g/mol. The summed E-state index contributed by atoms with van der Waals surface area (Å²) in [5.74, 6) is 1.47. The van der Waals surface area contributed by atoms with Gasteiger partial charge in [-0.2, -0.15) is 0 Å². The van der Waals surface area contributed by atoms with Crippen LogP contribution in [0.2, 0.25) is 5.02 Å². The summed E-state index contributed by atoms with van der Waals surface area (Å²) >= 11 is 7.04. The van der Waals surface area contributed by atoms with Crippen LogP contribution >= 0.6 is 22.9 Å². The number of aromatic nitrogens is 1. The summed E-state index contributed by atoms with van der Waals surface area (Å²) in [4.78, 5) is 16.4. The number of ether oxygens (including phenoxy) is 3. The second-order valence-electron chi connectivity index (χ2n) is 8.02. The second-order valence-corrected chi connectivity index (χ2v) is 9.53. The monoisotopic (exact) mass is 490 g/mol. The van der Waals surface area contributed by atoms with Crippen LogP contribution in [-0.2, 0) is 11.2 Å². The molecular formula is C24H27ClN2O5S. The van der Waals surface area contributed by atoms with Gasteiger partial charge in [0.2, 0.25) is 5.88 Å². The first-order valence-electron chi connectivity index (χ1n) is 10.8. The number of hydrogen-bond acceptors (Lipinski definition) is 7. The largest absolute Gasteiger partial charge is 0.494 e. The summed E-state index contributed by atoms with van der Waals surface area (Å²) in [6.45, 7) is 5.44. The molecule has 176 valence electrons. The Hall–Kier alpha value is -2.52. The van der Waals surface area contributed by atoms with Gasteiger partial charge in [0, 0.05) is 30.6 Å². The van der Waals surface area contributed by atoms with E-state index in [0.29, 0.717) is 36.1 Å². The molecule has 0 bridgehead atoms. The van der Waals surface area contributed by atoms with Gasteiger partial charge < -0.3 is 19.3 Å². The van der Waals surface area contributed by atoms with E-state index in [1.807, 2.05) is 42.5 Å². The van der Waals surface area contributed by atoms with Gasteiger partial charge in [0.1, 0.15) is 30.8 Å². The molecule has 2 heterocycles. The lowest BCUT2D eigenvalue weighted by Crippen LogP contribution is -2.50. The molecule has 1 aliphatic heterocycles. The van der Waals surface area contributed by atoms with Gasteiger partial charge in [-0.05, 0) is 42.8 Å². The van der Waals surface area contributed by atoms with Crippen LogP contribution in [0.1, 0.15) is 17.4 Å². The first-order valence-corrected chi connectivity index (χ1v) is 12.0. The fraction of sp³-hybridized carbons (Fsp3) is 0.375. The highest BCUT2D eigenvalue weighted by Crippen LogP contribution is 2.22. The molecule has 2 N–H and O–H groups in total. The van der Waals surface area contributed by atoms with Gasteiger partial charge >= 0.3 is 4.87 Å². The number of hydrogen-bond donors (Lipinski definition) is 2.